The van der Waals surface area contributed by atoms with Crippen molar-refractivity contribution in [2.75, 3.05) is 23.6 Å². The van der Waals surface area contributed by atoms with Crippen LogP contribution in [0.3, 0.4) is 0 Å². The van der Waals surface area contributed by atoms with Gasteiger partial charge in [-0.2, -0.15) is 10.5 Å². The van der Waals surface area contributed by atoms with Crippen molar-refractivity contribution < 1.29 is 14.3 Å². The largest absolute Gasteiger partial charge is 0.454 e. The minimum Gasteiger partial charge on any atom is -0.454 e. The summed E-state index contributed by atoms with van der Waals surface area (Å²) < 4.78 is 10.6. The molecule has 9 heteroatoms. The SMILES string of the molecule is Cc1ccc(-c2c(C#N)c(N)nc(SCCC(=O)Nc3ccc4c(c3)OCO4)c2C#N)cc1. The lowest BCUT2D eigenvalue weighted by Gasteiger charge is -2.13. The standard InChI is InChI=1S/C24H19N5O3S/c1-14-2-4-15(5-3-14)22-17(11-25)23(27)29-24(18(22)12-26)33-9-8-21(30)28-16-6-7-19-20(10-16)32-13-31-19/h2-7,10H,8-9,13H2,1H3,(H2,27,29)(H,28,30). The van der Waals surface area contributed by atoms with Gasteiger partial charge in [0.05, 0.1) is 5.56 Å². The lowest BCUT2D eigenvalue weighted by atomic mass is 9.96. The maximum atomic E-state index is 12.4. The third-order valence-corrected chi connectivity index (χ3v) is 5.96. The Bertz CT molecular complexity index is 1310. The van der Waals surface area contributed by atoms with Crippen molar-refractivity contribution in [3.63, 3.8) is 0 Å². The molecule has 0 radical (unpaired) electrons. The summed E-state index contributed by atoms with van der Waals surface area (Å²) in [5.74, 6) is 1.46. The van der Waals surface area contributed by atoms with Crippen molar-refractivity contribution in [2.45, 2.75) is 18.4 Å². The molecule has 1 amide bonds. The average molecular weight is 458 g/mol. The molecule has 0 atom stereocenters. The molecule has 33 heavy (non-hydrogen) atoms. The van der Waals surface area contributed by atoms with Gasteiger partial charge in [0.2, 0.25) is 12.7 Å². The zero-order valence-corrected chi connectivity index (χ0v) is 18.5. The van der Waals surface area contributed by atoms with Crippen molar-refractivity contribution in [3.8, 4) is 34.8 Å². The molecule has 1 aliphatic rings. The average Bonchev–Trinajstić information content (AvgIpc) is 3.27. The van der Waals surface area contributed by atoms with Crippen molar-refractivity contribution in [3.05, 3.63) is 59.2 Å². The Kier molecular flexibility index (Phi) is 6.34. The Labute approximate surface area is 195 Å². The molecule has 2 heterocycles. The zero-order valence-electron chi connectivity index (χ0n) is 17.7. The van der Waals surface area contributed by atoms with Crippen LogP contribution >= 0.6 is 11.8 Å². The molecule has 4 rings (SSSR count). The number of aromatic nitrogens is 1. The second-order valence-electron chi connectivity index (χ2n) is 7.23. The zero-order chi connectivity index (χ0) is 23.4. The summed E-state index contributed by atoms with van der Waals surface area (Å²) in [6.45, 7) is 2.12. The van der Waals surface area contributed by atoms with E-state index >= 15 is 0 Å². The van der Waals surface area contributed by atoms with Gasteiger partial charge in [-0.15, -0.1) is 11.8 Å². The first-order valence-electron chi connectivity index (χ1n) is 10.0. The summed E-state index contributed by atoms with van der Waals surface area (Å²) in [6.07, 6.45) is 0.186. The molecule has 8 nitrogen and oxygen atoms in total. The maximum absolute atomic E-state index is 12.4. The fraction of sp³-hybridized carbons (Fsp3) is 0.167. The van der Waals surface area contributed by atoms with E-state index in [1.165, 1.54) is 11.8 Å². The van der Waals surface area contributed by atoms with Crippen molar-refractivity contribution in [1.82, 2.24) is 4.98 Å². The van der Waals surface area contributed by atoms with Crippen LogP contribution in [-0.4, -0.2) is 23.4 Å². The van der Waals surface area contributed by atoms with Crippen LogP contribution in [0.5, 0.6) is 11.5 Å². The normalized spacial score (nSPS) is 11.5. The predicted molar refractivity (Wildman–Crippen MR) is 125 cm³/mol. The van der Waals surface area contributed by atoms with E-state index in [0.717, 1.165) is 5.56 Å². The van der Waals surface area contributed by atoms with Gasteiger partial charge in [-0.05, 0) is 24.6 Å². The molecule has 0 bridgehead atoms. The Morgan fingerprint density at radius 3 is 2.58 bits per heavy atom. The molecular formula is C24H19N5O3S. The summed E-state index contributed by atoms with van der Waals surface area (Å²) in [5.41, 5.74) is 9.31. The molecule has 1 aliphatic heterocycles. The van der Waals surface area contributed by atoms with Gasteiger partial charge in [-0.25, -0.2) is 4.98 Å². The van der Waals surface area contributed by atoms with Crippen LogP contribution in [0.2, 0.25) is 0 Å². The van der Waals surface area contributed by atoms with Crippen LogP contribution in [0.1, 0.15) is 23.1 Å². The van der Waals surface area contributed by atoms with Crippen molar-refractivity contribution >= 4 is 29.2 Å². The topological polar surface area (TPSA) is 134 Å². The quantitative estimate of drug-likeness (QED) is 0.525. The second-order valence-corrected chi connectivity index (χ2v) is 8.32. The number of nitrogens with one attached hydrogen (secondary N) is 1. The number of anilines is 2. The Morgan fingerprint density at radius 1 is 1.12 bits per heavy atom. The maximum Gasteiger partial charge on any atom is 0.231 e. The number of carbonyl (C=O) groups is 1. The summed E-state index contributed by atoms with van der Waals surface area (Å²) in [4.78, 5) is 16.7. The first-order valence-corrected chi connectivity index (χ1v) is 11.0. The molecular weight excluding hydrogens is 438 g/mol. The Morgan fingerprint density at radius 2 is 1.85 bits per heavy atom. The number of aryl methyl sites for hydroxylation is 1. The molecule has 0 spiro atoms. The van der Waals surface area contributed by atoms with Gasteiger partial charge in [0.25, 0.3) is 0 Å². The summed E-state index contributed by atoms with van der Waals surface area (Å²) >= 11 is 1.25. The minimum absolute atomic E-state index is 0.0550. The number of hydrogen-bond acceptors (Lipinski definition) is 8. The number of thioether (sulfide) groups is 1. The number of benzene rings is 2. The van der Waals surface area contributed by atoms with Gasteiger partial charge in [0.1, 0.15) is 28.5 Å². The van der Waals surface area contributed by atoms with Crippen molar-refractivity contribution in [1.29, 1.82) is 10.5 Å². The number of nitrogens with two attached hydrogens (primary N) is 1. The number of carbonyl (C=O) groups excluding carboxylic acids is 1. The number of ether oxygens (including phenoxy) is 2. The van der Waals surface area contributed by atoms with E-state index in [2.05, 4.69) is 22.4 Å². The molecule has 0 saturated carbocycles. The lowest BCUT2D eigenvalue weighted by molar-refractivity contribution is -0.115. The Hall–Kier alpha value is -4.21. The molecule has 0 fully saturated rings. The monoisotopic (exact) mass is 457 g/mol. The van der Waals surface area contributed by atoms with E-state index in [-0.39, 0.29) is 36.1 Å². The molecule has 0 saturated heterocycles. The van der Waals surface area contributed by atoms with Crippen LogP contribution in [0.15, 0.2) is 47.5 Å². The van der Waals surface area contributed by atoms with E-state index in [1.54, 1.807) is 18.2 Å². The van der Waals surface area contributed by atoms with Crippen LogP contribution < -0.4 is 20.5 Å². The smallest absolute Gasteiger partial charge is 0.231 e. The number of hydrogen-bond donors (Lipinski definition) is 2. The third kappa shape index (κ3) is 4.69. The van der Waals surface area contributed by atoms with E-state index in [0.29, 0.717) is 39.1 Å². The molecule has 3 N–H and O–H groups in total. The molecule has 0 unspecified atom stereocenters. The number of nitrogens with zero attached hydrogens (tertiary/aromatic N) is 3. The van der Waals surface area contributed by atoms with Crippen LogP contribution in [-0.2, 0) is 4.79 Å². The molecule has 3 aromatic rings. The lowest BCUT2D eigenvalue weighted by Crippen LogP contribution is -2.12. The second kappa shape index (κ2) is 9.51. The highest BCUT2D eigenvalue weighted by molar-refractivity contribution is 7.99. The first-order chi connectivity index (χ1) is 16.0. The van der Waals surface area contributed by atoms with Gasteiger partial charge < -0.3 is 20.5 Å². The van der Waals surface area contributed by atoms with Gasteiger partial charge in [-0.1, -0.05) is 29.8 Å². The number of pyridine rings is 1. The highest BCUT2D eigenvalue weighted by Crippen LogP contribution is 2.36. The molecule has 164 valence electrons. The van der Waals surface area contributed by atoms with E-state index in [1.807, 2.05) is 31.2 Å². The van der Waals surface area contributed by atoms with Crippen LogP contribution in [0.4, 0.5) is 11.5 Å². The summed E-state index contributed by atoms with van der Waals surface area (Å²) in [5, 5.41) is 22.7. The van der Waals surface area contributed by atoms with E-state index in [9.17, 15) is 15.3 Å². The number of nitrogen functional groups attached to an aromatic ring is 1. The highest BCUT2D eigenvalue weighted by atomic mass is 32.2. The molecule has 0 aliphatic carbocycles. The fourth-order valence-corrected chi connectivity index (χ4v) is 4.29. The fourth-order valence-electron chi connectivity index (χ4n) is 3.35. The highest BCUT2D eigenvalue weighted by Gasteiger charge is 2.21. The van der Waals surface area contributed by atoms with Gasteiger partial charge in [0.15, 0.2) is 11.5 Å². The first kappa shape index (κ1) is 22.0. The number of rotatable bonds is 6. The summed E-state index contributed by atoms with van der Waals surface area (Å²) in [7, 11) is 0. The number of fused-ring (bicyclic) bond motifs is 1. The van der Waals surface area contributed by atoms with E-state index in [4.69, 9.17) is 15.2 Å². The molecule has 1 aromatic heterocycles. The van der Waals surface area contributed by atoms with Crippen LogP contribution in [0, 0.1) is 29.6 Å². The number of amides is 1. The molecule has 2 aromatic carbocycles. The number of nitriles is 2. The minimum atomic E-state index is -0.194. The van der Waals surface area contributed by atoms with Gasteiger partial charge in [-0.3, -0.25) is 4.79 Å². The van der Waals surface area contributed by atoms with Crippen molar-refractivity contribution in [2.24, 2.45) is 0 Å². The van der Waals surface area contributed by atoms with Crippen LogP contribution in [0.25, 0.3) is 11.1 Å². The third-order valence-electron chi connectivity index (χ3n) is 4.98. The van der Waals surface area contributed by atoms with E-state index < -0.39 is 0 Å². The van der Waals surface area contributed by atoms with Gasteiger partial charge >= 0.3 is 0 Å². The predicted octanol–water partition coefficient (Wildman–Crippen LogP) is 4.23. The van der Waals surface area contributed by atoms with Gasteiger partial charge in [0, 0.05) is 29.5 Å². The Balaban J connectivity index is 1.50. The summed E-state index contributed by atoms with van der Waals surface area (Å²) in [6, 6.07) is 16.9.